The van der Waals surface area contributed by atoms with Gasteiger partial charge in [-0.2, -0.15) is 0 Å². The molecule has 2 saturated heterocycles. The van der Waals surface area contributed by atoms with E-state index in [9.17, 15) is 4.79 Å². The lowest BCUT2D eigenvalue weighted by Gasteiger charge is -2.40. The van der Waals surface area contributed by atoms with Crippen molar-refractivity contribution in [3.8, 4) is 0 Å². The fourth-order valence-corrected chi connectivity index (χ4v) is 2.06. The van der Waals surface area contributed by atoms with Crippen molar-refractivity contribution in [2.45, 2.75) is 60.1 Å². The zero-order valence-electron chi connectivity index (χ0n) is 14.2. The van der Waals surface area contributed by atoms with Crippen LogP contribution in [0.5, 0.6) is 0 Å². The molecule has 0 bridgehead atoms. The number of amides is 1. The first-order valence-corrected chi connectivity index (χ1v) is 7.73. The summed E-state index contributed by atoms with van der Waals surface area (Å²) in [6.07, 6.45) is 1.87. The summed E-state index contributed by atoms with van der Waals surface area (Å²) >= 11 is 0. The first-order chi connectivity index (χ1) is 9.14. The van der Waals surface area contributed by atoms with Crippen molar-refractivity contribution in [3.05, 3.63) is 0 Å². The van der Waals surface area contributed by atoms with Gasteiger partial charge >= 0.3 is 0 Å². The van der Waals surface area contributed by atoms with Crippen molar-refractivity contribution >= 4 is 5.91 Å². The Hall–Kier alpha value is -0.610. The van der Waals surface area contributed by atoms with Gasteiger partial charge in [-0.05, 0) is 7.05 Å². The van der Waals surface area contributed by atoms with Gasteiger partial charge in [0.15, 0.2) is 0 Å². The molecule has 1 amide bonds. The van der Waals surface area contributed by atoms with E-state index in [1.807, 2.05) is 48.6 Å². The van der Waals surface area contributed by atoms with Crippen LogP contribution in [-0.2, 0) is 9.53 Å². The van der Waals surface area contributed by atoms with Crippen LogP contribution in [0.25, 0.3) is 0 Å². The molecule has 2 aliphatic heterocycles. The number of ether oxygens (including phenoxy) is 1. The quantitative estimate of drug-likeness (QED) is 0.681. The molecule has 0 radical (unpaired) electrons. The van der Waals surface area contributed by atoms with Crippen LogP contribution in [0, 0.1) is 0 Å². The fourth-order valence-electron chi connectivity index (χ4n) is 2.06. The minimum atomic E-state index is -0.274. The van der Waals surface area contributed by atoms with Crippen LogP contribution in [0.2, 0.25) is 0 Å². The molecular weight excluding hydrogens is 240 g/mol. The van der Waals surface area contributed by atoms with Crippen molar-refractivity contribution in [1.82, 2.24) is 9.80 Å². The average molecular weight is 274 g/mol. The van der Waals surface area contributed by atoms with Crippen molar-refractivity contribution < 1.29 is 9.53 Å². The Morgan fingerprint density at radius 2 is 1.37 bits per heavy atom. The first-order valence-electron chi connectivity index (χ1n) is 7.73. The average Bonchev–Trinajstić information content (AvgIpc) is 2.78. The predicted molar refractivity (Wildman–Crippen MR) is 82.2 cm³/mol. The third-order valence-electron chi connectivity index (χ3n) is 3.22. The van der Waals surface area contributed by atoms with E-state index >= 15 is 0 Å². The molecule has 0 aromatic heterocycles. The molecule has 0 aromatic rings. The van der Waals surface area contributed by atoms with Crippen molar-refractivity contribution in [1.29, 1.82) is 0 Å². The Bertz CT molecular complexity index is 224. The largest absolute Gasteiger partial charge is 0.346 e. The first kappa shape index (κ1) is 20.7. The summed E-state index contributed by atoms with van der Waals surface area (Å²) in [5.41, 5.74) is -0.274. The molecule has 2 heterocycles. The van der Waals surface area contributed by atoms with Gasteiger partial charge in [-0.1, -0.05) is 41.5 Å². The summed E-state index contributed by atoms with van der Waals surface area (Å²) in [7, 11) is 3.95. The highest BCUT2D eigenvalue weighted by Crippen LogP contribution is 2.32. The molecule has 0 aliphatic carbocycles. The van der Waals surface area contributed by atoms with E-state index in [-0.39, 0.29) is 18.2 Å². The molecule has 1 spiro atoms. The maximum absolute atomic E-state index is 11.3. The molecule has 2 fully saturated rings. The zero-order chi connectivity index (χ0) is 15.5. The van der Waals surface area contributed by atoms with Crippen LogP contribution in [0.15, 0.2) is 0 Å². The number of rotatable bonds is 0. The van der Waals surface area contributed by atoms with E-state index in [4.69, 9.17) is 4.74 Å². The minimum absolute atomic E-state index is 0.115. The van der Waals surface area contributed by atoms with E-state index < -0.39 is 0 Å². The van der Waals surface area contributed by atoms with E-state index in [2.05, 4.69) is 11.9 Å². The summed E-state index contributed by atoms with van der Waals surface area (Å²) in [4.78, 5) is 15.4. The maximum atomic E-state index is 11.3. The lowest BCUT2D eigenvalue weighted by atomic mass is 10.00. The fraction of sp³-hybridized carbons (Fsp3) is 0.933. The van der Waals surface area contributed by atoms with Crippen LogP contribution >= 0.6 is 0 Å². The third kappa shape index (κ3) is 5.49. The monoisotopic (exact) mass is 274 g/mol. The smallest absolute Gasteiger partial charge is 0.250 e. The summed E-state index contributed by atoms with van der Waals surface area (Å²) in [5.74, 6) is 0.115. The van der Waals surface area contributed by atoms with Crippen molar-refractivity contribution in [3.63, 3.8) is 0 Å². The lowest BCUT2D eigenvalue weighted by Crippen LogP contribution is -2.51. The third-order valence-corrected chi connectivity index (χ3v) is 3.22. The Balaban J connectivity index is 0. The molecular formula is C15H34N2O2. The second-order valence-electron chi connectivity index (χ2n) is 3.99. The Morgan fingerprint density at radius 3 is 1.68 bits per heavy atom. The topological polar surface area (TPSA) is 32.8 Å². The van der Waals surface area contributed by atoms with Gasteiger partial charge in [-0.25, -0.2) is 0 Å². The van der Waals surface area contributed by atoms with Crippen molar-refractivity contribution in [2.24, 2.45) is 0 Å². The van der Waals surface area contributed by atoms with Gasteiger partial charge in [0, 0.05) is 33.0 Å². The highest BCUT2D eigenvalue weighted by atomic mass is 16.5. The summed E-state index contributed by atoms with van der Waals surface area (Å²) in [6.45, 7) is 14.3. The molecule has 0 saturated carbocycles. The number of nitrogens with zero attached hydrogens (tertiary/aromatic N) is 2. The summed E-state index contributed by atoms with van der Waals surface area (Å²) < 4.78 is 5.60. The van der Waals surface area contributed by atoms with Crippen LogP contribution in [0.4, 0.5) is 0 Å². The van der Waals surface area contributed by atoms with Gasteiger partial charge in [0.2, 0.25) is 0 Å². The Morgan fingerprint density at radius 1 is 0.947 bits per heavy atom. The highest BCUT2D eigenvalue weighted by Gasteiger charge is 2.45. The number of hydrogen-bond acceptors (Lipinski definition) is 3. The zero-order valence-corrected chi connectivity index (χ0v) is 14.2. The van der Waals surface area contributed by atoms with Gasteiger partial charge in [0.05, 0.1) is 0 Å². The predicted octanol–water partition coefficient (Wildman–Crippen LogP) is 2.98. The molecule has 4 nitrogen and oxygen atoms in total. The van der Waals surface area contributed by atoms with E-state index in [1.54, 1.807) is 4.90 Å². The lowest BCUT2D eigenvalue weighted by molar-refractivity contribution is -0.135. The highest BCUT2D eigenvalue weighted by molar-refractivity contribution is 5.79. The van der Waals surface area contributed by atoms with Gasteiger partial charge < -0.3 is 14.5 Å². The number of likely N-dealkylation sites (N-methyl/N-ethyl adjacent to an activating group) is 1. The number of carbonyl (C=O) groups is 1. The standard InChI is InChI=1S/C9H16N2O2.3C2H6/c1-10-5-3-9(4-6-10)11(2)8(12)7-13-9;3*1-2/h3-7H2,1-2H3;3*1-2H3. The number of carbonyl (C=O) groups excluding carboxylic acids is 1. The van der Waals surface area contributed by atoms with E-state index in [1.165, 1.54) is 0 Å². The maximum Gasteiger partial charge on any atom is 0.250 e. The van der Waals surface area contributed by atoms with Gasteiger partial charge in [-0.3, -0.25) is 4.79 Å². The van der Waals surface area contributed by atoms with Gasteiger partial charge in [-0.15, -0.1) is 0 Å². The molecule has 0 atom stereocenters. The number of hydrogen-bond donors (Lipinski definition) is 0. The minimum Gasteiger partial charge on any atom is -0.346 e. The normalized spacial score (nSPS) is 20.6. The van der Waals surface area contributed by atoms with E-state index in [0.29, 0.717) is 0 Å². The second kappa shape index (κ2) is 11.2. The second-order valence-corrected chi connectivity index (χ2v) is 3.99. The van der Waals surface area contributed by atoms with Gasteiger partial charge in [0.1, 0.15) is 12.3 Å². The van der Waals surface area contributed by atoms with Crippen LogP contribution < -0.4 is 0 Å². The Labute approximate surface area is 120 Å². The summed E-state index contributed by atoms with van der Waals surface area (Å²) in [6, 6.07) is 0. The molecule has 19 heavy (non-hydrogen) atoms. The molecule has 2 aliphatic rings. The molecule has 0 unspecified atom stereocenters. The Kier molecular flexibility index (Phi) is 12.2. The number of likely N-dealkylation sites (tertiary alicyclic amines) is 1. The number of piperidine rings is 1. The molecule has 116 valence electrons. The molecule has 0 N–H and O–H groups in total. The van der Waals surface area contributed by atoms with Gasteiger partial charge in [0.25, 0.3) is 5.91 Å². The van der Waals surface area contributed by atoms with Crippen LogP contribution in [0.3, 0.4) is 0 Å². The molecule has 0 aromatic carbocycles. The van der Waals surface area contributed by atoms with E-state index in [0.717, 1.165) is 25.9 Å². The van der Waals surface area contributed by atoms with Crippen LogP contribution in [0.1, 0.15) is 54.4 Å². The van der Waals surface area contributed by atoms with Crippen LogP contribution in [-0.4, -0.2) is 55.2 Å². The van der Waals surface area contributed by atoms with Crippen molar-refractivity contribution in [2.75, 3.05) is 33.8 Å². The molecule has 4 heteroatoms. The molecule has 2 rings (SSSR count). The SMILES string of the molecule is CC.CC.CC.CN1CCC2(CC1)OCC(=O)N2C. The summed E-state index contributed by atoms with van der Waals surface area (Å²) in [5, 5.41) is 0.